The van der Waals surface area contributed by atoms with Crippen LogP contribution in [-0.2, 0) is 11.3 Å². The van der Waals surface area contributed by atoms with Crippen molar-refractivity contribution in [1.29, 1.82) is 0 Å². The van der Waals surface area contributed by atoms with Crippen molar-refractivity contribution in [2.24, 2.45) is 5.10 Å². The zero-order valence-electron chi connectivity index (χ0n) is 15.2. The predicted molar refractivity (Wildman–Crippen MR) is 110 cm³/mol. The molecular formula is C22H17N3O4. The van der Waals surface area contributed by atoms with Crippen LogP contribution in [0.4, 0.5) is 0 Å². The van der Waals surface area contributed by atoms with Crippen LogP contribution in [0.15, 0.2) is 72.0 Å². The van der Waals surface area contributed by atoms with Crippen LogP contribution in [0.1, 0.15) is 15.9 Å². The molecule has 1 aromatic heterocycles. The van der Waals surface area contributed by atoms with E-state index in [0.717, 1.165) is 21.7 Å². The van der Waals surface area contributed by atoms with Crippen molar-refractivity contribution >= 4 is 39.8 Å². The van der Waals surface area contributed by atoms with Crippen LogP contribution in [0.25, 0.3) is 21.7 Å². The smallest absolute Gasteiger partial charge is 0.323 e. The number of aliphatic carboxylic acids is 1. The number of aromatic hydroxyl groups is 1. The molecule has 7 heteroatoms. The quantitative estimate of drug-likeness (QED) is 0.361. The van der Waals surface area contributed by atoms with Gasteiger partial charge in [0.2, 0.25) is 0 Å². The van der Waals surface area contributed by atoms with E-state index in [1.165, 1.54) is 12.3 Å². The number of carbonyl (C=O) groups excluding carboxylic acids is 1. The van der Waals surface area contributed by atoms with Crippen LogP contribution >= 0.6 is 0 Å². The van der Waals surface area contributed by atoms with E-state index < -0.39 is 11.9 Å². The predicted octanol–water partition coefficient (Wildman–Crippen LogP) is 3.35. The number of benzene rings is 3. The minimum absolute atomic E-state index is 0.120. The summed E-state index contributed by atoms with van der Waals surface area (Å²) in [6.07, 6.45) is 3.12. The molecule has 0 fully saturated rings. The van der Waals surface area contributed by atoms with Crippen LogP contribution in [0.5, 0.6) is 5.75 Å². The second kappa shape index (κ2) is 7.47. The Balaban J connectivity index is 1.58. The molecule has 4 rings (SSSR count). The van der Waals surface area contributed by atoms with Crippen molar-refractivity contribution in [3.63, 3.8) is 0 Å². The van der Waals surface area contributed by atoms with Crippen molar-refractivity contribution in [3.8, 4) is 5.75 Å². The minimum atomic E-state index is -0.950. The van der Waals surface area contributed by atoms with Crippen molar-refractivity contribution in [2.75, 3.05) is 0 Å². The molecule has 0 aliphatic carbocycles. The number of hydrogen-bond acceptors (Lipinski definition) is 4. The van der Waals surface area contributed by atoms with E-state index in [4.69, 9.17) is 5.11 Å². The van der Waals surface area contributed by atoms with Gasteiger partial charge in [-0.15, -0.1) is 0 Å². The summed E-state index contributed by atoms with van der Waals surface area (Å²) in [7, 11) is 0. The molecule has 0 radical (unpaired) electrons. The maximum absolute atomic E-state index is 12.4. The lowest BCUT2D eigenvalue weighted by Gasteiger charge is -2.05. The molecule has 4 aromatic rings. The summed E-state index contributed by atoms with van der Waals surface area (Å²) in [6.45, 7) is -0.175. The highest BCUT2D eigenvalue weighted by atomic mass is 16.4. The van der Waals surface area contributed by atoms with Crippen LogP contribution in [0.2, 0.25) is 0 Å². The first-order valence-corrected chi connectivity index (χ1v) is 8.88. The van der Waals surface area contributed by atoms with E-state index in [2.05, 4.69) is 10.5 Å². The van der Waals surface area contributed by atoms with E-state index in [1.807, 2.05) is 48.5 Å². The third-order valence-corrected chi connectivity index (χ3v) is 4.60. The highest BCUT2D eigenvalue weighted by molar-refractivity contribution is 6.03. The van der Waals surface area contributed by atoms with E-state index in [9.17, 15) is 14.7 Å². The number of phenols is 1. The lowest BCUT2D eigenvalue weighted by atomic mass is 10.1. The molecule has 0 bridgehead atoms. The van der Waals surface area contributed by atoms with Crippen molar-refractivity contribution in [2.45, 2.75) is 6.54 Å². The largest absolute Gasteiger partial charge is 0.507 e. The number of phenolic OH excluding ortho intramolecular Hbond substituents is 1. The molecule has 3 N–H and O–H groups in total. The molecule has 0 spiro atoms. The summed E-state index contributed by atoms with van der Waals surface area (Å²) in [5.74, 6) is -1.62. The van der Waals surface area contributed by atoms with Gasteiger partial charge in [0.1, 0.15) is 12.3 Å². The fourth-order valence-corrected chi connectivity index (χ4v) is 3.29. The number of nitrogens with zero attached hydrogens (tertiary/aromatic N) is 2. The zero-order valence-corrected chi connectivity index (χ0v) is 15.2. The van der Waals surface area contributed by atoms with Crippen LogP contribution in [0, 0.1) is 0 Å². The van der Waals surface area contributed by atoms with Gasteiger partial charge in [0.05, 0.1) is 11.8 Å². The average Bonchev–Trinajstić information content (AvgIpc) is 3.04. The lowest BCUT2D eigenvalue weighted by molar-refractivity contribution is -0.137. The molecule has 29 heavy (non-hydrogen) atoms. The summed E-state index contributed by atoms with van der Waals surface area (Å²) in [5, 5.41) is 25.7. The number of hydrogen-bond donors (Lipinski definition) is 3. The SMILES string of the molecule is O=C(O)Cn1cc(C=NNC(=O)c2cc3ccccc3cc2O)c2ccccc21. The van der Waals surface area contributed by atoms with Gasteiger partial charge in [-0.2, -0.15) is 5.10 Å². The van der Waals surface area contributed by atoms with Crippen molar-refractivity contribution in [1.82, 2.24) is 9.99 Å². The number of rotatable bonds is 5. The van der Waals surface area contributed by atoms with Crippen LogP contribution in [-0.4, -0.2) is 32.9 Å². The molecule has 0 saturated carbocycles. The molecule has 0 unspecified atom stereocenters. The fourth-order valence-electron chi connectivity index (χ4n) is 3.29. The van der Waals surface area contributed by atoms with Crippen molar-refractivity contribution < 1.29 is 19.8 Å². The highest BCUT2D eigenvalue weighted by Gasteiger charge is 2.12. The number of amides is 1. The third kappa shape index (κ3) is 3.66. The Bertz CT molecular complexity index is 1270. The van der Waals surface area contributed by atoms with Gasteiger partial charge in [-0.05, 0) is 29.0 Å². The Morgan fingerprint density at radius 1 is 1.03 bits per heavy atom. The van der Waals surface area contributed by atoms with E-state index in [0.29, 0.717) is 5.56 Å². The molecule has 0 aliphatic rings. The zero-order chi connectivity index (χ0) is 20.4. The van der Waals surface area contributed by atoms with Gasteiger partial charge in [0.25, 0.3) is 5.91 Å². The Morgan fingerprint density at radius 3 is 2.48 bits per heavy atom. The number of carbonyl (C=O) groups is 2. The summed E-state index contributed by atoms with van der Waals surface area (Å²) >= 11 is 0. The van der Waals surface area contributed by atoms with Gasteiger partial charge < -0.3 is 14.8 Å². The lowest BCUT2D eigenvalue weighted by Crippen LogP contribution is -2.17. The average molecular weight is 387 g/mol. The monoisotopic (exact) mass is 387 g/mol. The number of aromatic nitrogens is 1. The van der Waals surface area contributed by atoms with Gasteiger partial charge in [-0.1, -0.05) is 42.5 Å². The number of fused-ring (bicyclic) bond motifs is 2. The standard InChI is InChI=1S/C22H17N3O4/c26-20-10-15-6-2-1-5-14(15)9-18(20)22(29)24-23-11-16-12-25(13-21(27)28)19-8-4-3-7-17(16)19/h1-12,26H,13H2,(H,24,29)(H,27,28). The Morgan fingerprint density at radius 2 is 1.72 bits per heavy atom. The molecule has 1 amide bonds. The van der Waals surface area contributed by atoms with Crippen molar-refractivity contribution in [3.05, 3.63) is 78.0 Å². The molecule has 144 valence electrons. The molecule has 7 nitrogen and oxygen atoms in total. The van der Waals surface area contributed by atoms with Crippen LogP contribution < -0.4 is 5.43 Å². The summed E-state index contributed by atoms with van der Waals surface area (Å²) in [5.41, 5.74) is 3.96. The molecule has 1 heterocycles. The molecule has 0 saturated heterocycles. The molecule has 0 atom stereocenters. The summed E-state index contributed by atoms with van der Waals surface area (Å²) in [4.78, 5) is 23.5. The topological polar surface area (TPSA) is 104 Å². The Labute approximate surface area is 165 Å². The Hall–Kier alpha value is -4.13. The number of nitrogens with one attached hydrogen (secondary N) is 1. The number of hydrazone groups is 1. The Kier molecular flexibility index (Phi) is 4.70. The normalized spacial score (nSPS) is 11.3. The minimum Gasteiger partial charge on any atom is -0.507 e. The van der Waals surface area contributed by atoms with Gasteiger partial charge in [0.15, 0.2) is 0 Å². The van der Waals surface area contributed by atoms with Gasteiger partial charge in [-0.25, -0.2) is 5.43 Å². The van der Waals surface area contributed by atoms with Crippen LogP contribution in [0.3, 0.4) is 0 Å². The fraction of sp³-hybridized carbons (Fsp3) is 0.0455. The highest BCUT2D eigenvalue weighted by Crippen LogP contribution is 2.25. The number of carboxylic acid groups (broad SMARTS) is 1. The van der Waals surface area contributed by atoms with E-state index >= 15 is 0 Å². The van der Waals surface area contributed by atoms with E-state index in [-0.39, 0.29) is 17.9 Å². The first kappa shape index (κ1) is 18.2. The second-order valence-corrected chi connectivity index (χ2v) is 6.54. The number of para-hydroxylation sites is 1. The van der Waals surface area contributed by atoms with Gasteiger partial charge >= 0.3 is 5.97 Å². The molecule has 3 aromatic carbocycles. The number of carboxylic acids is 1. The summed E-state index contributed by atoms with van der Waals surface area (Å²) < 4.78 is 1.61. The second-order valence-electron chi connectivity index (χ2n) is 6.54. The first-order chi connectivity index (χ1) is 14.0. The third-order valence-electron chi connectivity index (χ3n) is 4.60. The molecule has 0 aliphatic heterocycles. The maximum atomic E-state index is 12.4. The van der Waals surface area contributed by atoms with Gasteiger partial charge in [-0.3, -0.25) is 9.59 Å². The van der Waals surface area contributed by atoms with E-state index in [1.54, 1.807) is 16.8 Å². The molecular weight excluding hydrogens is 370 g/mol. The first-order valence-electron chi connectivity index (χ1n) is 8.88. The summed E-state index contributed by atoms with van der Waals surface area (Å²) in [6, 6.07) is 17.9. The van der Waals surface area contributed by atoms with Gasteiger partial charge in [0, 0.05) is 22.7 Å². The maximum Gasteiger partial charge on any atom is 0.323 e.